The van der Waals surface area contributed by atoms with Gasteiger partial charge in [-0.2, -0.15) is 0 Å². The molecule has 0 radical (unpaired) electrons. The van der Waals surface area contributed by atoms with Crippen LogP contribution in [0.5, 0.6) is 0 Å². The Morgan fingerprint density at radius 3 is 2.66 bits per heavy atom. The third-order valence-corrected chi connectivity index (χ3v) is 6.39. The summed E-state index contributed by atoms with van der Waals surface area (Å²) in [5.74, 6) is 1.12. The fourth-order valence-electron chi connectivity index (χ4n) is 3.28. The molecule has 3 rings (SSSR count). The molecule has 8 heteroatoms. The van der Waals surface area contributed by atoms with Gasteiger partial charge in [0.15, 0.2) is 5.16 Å². The second kappa shape index (κ2) is 8.68. The fraction of sp³-hybridized carbons (Fsp3) is 0.571. The van der Waals surface area contributed by atoms with E-state index in [1.165, 1.54) is 0 Å². The number of likely N-dealkylation sites (tertiary alicyclic amines) is 1. The van der Waals surface area contributed by atoms with E-state index in [0.717, 1.165) is 27.4 Å². The number of benzene rings is 1. The zero-order valence-corrected chi connectivity index (χ0v) is 20.0. The van der Waals surface area contributed by atoms with Crippen molar-refractivity contribution in [1.82, 2.24) is 14.5 Å². The Hall–Kier alpha value is -1.54. The Morgan fingerprint density at radius 2 is 2.03 bits per heavy atom. The second-order valence-corrected chi connectivity index (χ2v) is 10.5. The van der Waals surface area contributed by atoms with Crippen molar-refractivity contribution in [2.45, 2.75) is 58.3 Å². The number of nitrogens with zero attached hydrogens (tertiary/aromatic N) is 3. The molecular weight excluding hydrogens is 454 g/mol. The average Bonchev–Trinajstić information content (AvgIpc) is 2.56. The molecule has 0 atom stereocenters. The second-order valence-electron chi connectivity index (χ2n) is 8.55. The lowest BCUT2D eigenvalue weighted by Crippen LogP contribution is -2.53. The molecule has 29 heavy (non-hydrogen) atoms. The minimum atomic E-state index is -0.503. The van der Waals surface area contributed by atoms with Crippen LogP contribution in [0.15, 0.2) is 26.6 Å². The Morgan fingerprint density at radius 1 is 1.34 bits per heavy atom. The van der Waals surface area contributed by atoms with Gasteiger partial charge in [-0.15, -0.1) is 0 Å². The van der Waals surface area contributed by atoms with Gasteiger partial charge >= 0.3 is 6.09 Å². The number of aromatic nitrogens is 2. The predicted octanol–water partition coefficient (Wildman–Crippen LogP) is 4.84. The minimum absolute atomic E-state index is 0.0197. The number of aryl methyl sites for hydroxylation is 1. The fourth-order valence-corrected chi connectivity index (χ4v) is 4.80. The van der Waals surface area contributed by atoms with Crippen LogP contribution in [0.4, 0.5) is 4.79 Å². The van der Waals surface area contributed by atoms with Crippen molar-refractivity contribution in [2.24, 2.45) is 5.92 Å². The molecule has 0 N–H and O–H groups in total. The zero-order valence-electron chi connectivity index (χ0n) is 17.6. The lowest BCUT2D eigenvalue weighted by atomic mass is 10.0. The standard InChI is InChI=1S/C21H28BrN3O3S/c1-6-7-29-19-23-17-15(8-13(2)9-16(17)22)18(26)25(19)12-14-10-24(11-14)20(27)28-21(3,4)5/h8-9,14H,6-7,10-12H2,1-5H3. The first kappa shape index (κ1) is 22.2. The summed E-state index contributed by atoms with van der Waals surface area (Å²) in [6.45, 7) is 11.4. The number of hydrogen-bond donors (Lipinski definition) is 0. The first-order valence-corrected chi connectivity index (χ1v) is 11.7. The molecule has 1 saturated heterocycles. The summed E-state index contributed by atoms with van der Waals surface area (Å²) in [6, 6.07) is 3.88. The Labute approximate surface area is 184 Å². The summed E-state index contributed by atoms with van der Waals surface area (Å²) in [7, 11) is 0. The Balaban J connectivity index is 1.84. The van der Waals surface area contributed by atoms with E-state index in [1.54, 1.807) is 21.2 Å². The maximum absolute atomic E-state index is 13.3. The molecule has 1 amide bonds. The van der Waals surface area contributed by atoms with Crippen LogP contribution < -0.4 is 5.56 Å². The topological polar surface area (TPSA) is 64.4 Å². The molecular formula is C21H28BrN3O3S. The van der Waals surface area contributed by atoms with Crippen LogP contribution in [-0.4, -0.2) is 45.0 Å². The van der Waals surface area contributed by atoms with Crippen LogP contribution in [-0.2, 0) is 11.3 Å². The smallest absolute Gasteiger partial charge is 0.410 e. The van der Waals surface area contributed by atoms with Crippen molar-refractivity contribution in [2.75, 3.05) is 18.8 Å². The lowest BCUT2D eigenvalue weighted by Gasteiger charge is -2.40. The molecule has 1 aromatic heterocycles. The van der Waals surface area contributed by atoms with Crippen LogP contribution in [0, 0.1) is 12.8 Å². The van der Waals surface area contributed by atoms with Crippen molar-refractivity contribution in [3.8, 4) is 0 Å². The van der Waals surface area contributed by atoms with Gasteiger partial charge in [-0.3, -0.25) is 9.36 Å². The van der Waals surface area contributed by atoms with Gasteiger partial charge in [-0.1, -0.05) is 18.7 Å². The Bertz CT molecular complexity index is 978. The van der Waals surface area contributed by atoms with E-state index in [1.807, 2.05) is 39.8 Å². The third kappa shape index (κ3) is 5.15. The molecule has 158 valence electrons. The van der Waals surface area contributed by atoms with Gasteiger partial charge in [0.25, 0.3) is 5.56 Å². The highest BCUT2D eigenvalue weighted by atomic mass is 79.9. The molecule has 1 aliphatic heterocycles. The van der Waals surface area contributed by atoms with Crippen molar-refractivity contribution >= 4 is 44.7 Å². The van der Waals surface area contributed by atoms with Gasteiger partial charge in [0.05, 0.1) is 10.9 Å². The highest BCUT2D eigenvalue weighted by Crippen LogP contribution is 2.27. The first-order valence-electron chi connectivity index (χ1n) is 9.90. The number of carbonyl (C=O) groups is 1. The first-order chi connectivity index (χ1) is 13.6. The van der Waals surface area contributed by atoms with E-state index < -0.39 is 5.60 Å². The molecule has 0 bridgehead atoms. The quantitative estimate of drug-likeness (QED) is 0.451. The molecule has 1 aliphatic rings. The van der Waals surface area contributed by atoms with Crippen molar-refractivity contribution in [3.63, 3.8) is 0 Å². The SMILES string of the molecule is CCCSc1nc2c(Br)cc(C)cc2c(=O)n1CC1CN(C(=O)OC(C)(C)C)C1. The van der Waals surface area contributed by atoms with E-state index in [-0.39, 0.29) is 17.6 Å². The summed E-state index contributed by atoms with van der Waals surface area (Å²) in [5.41, 5.74) is 1.20. The summed E-state index contributed by atoms with van der Waals surface area (Å²) in [6.07, 6.45) is 0.710. The van der Waals surface area contributed by atoms with E-state index >= 15 is 0 Å². The number of carbonyl (C=O) groups excluding carboxylic acids is 1. The lowest BCUT2D eigenvalue weighted by molar-refractivity contribution is -0.00384. The van der Waals surface area contributed by atoms with E-state index in [4.69, 9.17) is 9.72 Å². The molecule has 0 aliphatic carbocycles. The van der Waals surface area contributed by atoms with Crippen molar-refractivity contribution < 1.29 is 9.53 Å². The third-order valence-electron chi connectivity index (χ3n) is 4.61. The van der Waals surface area contributed by atoms with Crippen molar-refractivity contribution in [3.05, 3.63) is 32.5 Å². The molecule has 0 unspecified atom stereocenters. The molecule has 1 aromatic carbocycles. The van der Waals surface area contributed by atoms with Gasteiger partial charge in [0.2, 0.25) is 0 Å². The summed E-state index contributed by atoms with van der Waals surface area (Å²) in [5, 5.41) is 1.37. The normalized spacial score (nSPS) is 14.9. The van der Waals surface area contributed by atoms with Gasteiger partial charge in [-0.05, 0) is 67.7 Å². The molecule has 2 aromatic rings. The number of fused-ring (bicyclic) bond motifs is 1. The van der Waals surface area contributed by atoms with E-state index in [9.17, 15) is 9.59 Å². The number of halogens is 1. The highest BCUT2D eigenvalue weighted by molar-refractivity contribution is 9.10. The van der Waals surface area contributed by atoms with Crippen LogP contribution >= 0.6 is 27.7 Å². The largest absolute Gasteiger partial charge is 0.444 e. The van der Waals surface area contributed by atoms with Crippen LogP contribution in [0.2, 0.25) is 0 Å². The maximum atomic E-state index is 13.3. The molecule has 6 nitrogen and oxygen atoms in total. The maximum Gasteiger partial charge on any atom is 0.410 e. The molecule has 0 spiro atoms. The molecule has 1 fully saturated rings. The number of amides is 1. The number of rotatable bonds is 5. The number of ether oxygens (including phenoxy) is 1. The summed E-state index contributed by atoms with van der Waals surface area (Å²) >= 11 is 5.16. The average molecular weight is 482 g/mol. The summed E-state index contributed by atoms with van der Waals surface area (Å²) < 4.78 is 8.05. The van der Waals surface area contributed by atoms with Gasteiger partial charge in [0.1, 0.15) is 5.60 Å². The van der Waals surface area contributed by atoms with Crippen LogP contribution in [0.25, 0.3) is 10.9 Å². The van der Waals surface area contributed by atoms with Crippen molar-refractivity contribution in [1.29, 1.82) is 0 Å². The van der Waals surface area contributed by atoms with Crippen LogP contribution in [0.3, 0.4) is 0 Å². The van der Waals surface area contributed by atoms with Gasteiger partial charge in [0, 0.05) is 35.8 Å². The highest BCUT2D eigenvalue weighted by Gasteiger charge is 2.34. The Kier molecular flexibility index (Phi) is 6.63. The minimum Gasteiger partial charge on any atom is -0.444 e. The monoisotopic (exact) mass is 481 g/mol. The predicted molar refractivity (Wildman–Crippen MR) is 121 cm³/mol. The van der Waals surface area contributed by atoms with E-state index in [2.05, 4.69) is 22.9 Å². The van der Waals surface area contributed by atoms with Gasteiger partial charge < -0.3 is 9.64 Å². The zero-order chi connectivity index (χ0) is 21.3. The molecule has 2 heterocycles. The number of hydrogen-bond acceptors (Lipinski definition) is 5. The van der Waals surface area contributed by atoms with Gasteiger partial charge in [-0.25, -0.2) is 9.78 Å². The molecule has 0 saturated carbocycles. The van der Waals surface area contributed by atoms with Crippen LogP contribution in [0.1, 0.15) is 39.7 Å². The number of thioether (sulfide) groups is 1. The summed E-state index contributed by atoms with van der Waals surface area (Å²) in [4.78, 5) is 31.9. The van der Waals surface area contributed by atoms with E-state index in [0.29, 0.717) is 30.5 Å².